The highest BCUT2D eigenvalue weighted by Gasteiger charge is 2.06. The Kier molecular flexibility index (Phi) is 6.67. The van der Waals surface area contributed by atoms with Crippen molar-refractivity contribution in [1.29, 1.82) is 0 Å². The summed E-state index contributed by atoms with van der Waals surface area (Å²) in [7, 11) is 0. The van der Waals surface area contributed by atoms with Crippen molar-refractivity contribution in [2.45, 2.75) is 13.5 Å². The molecule has 0 saturated carbocycles. The van der Waals surface area contributed by atoms with Crippen LogP contribution in [0.5, 0.6) is 5.75 Å². The van der Waals surface area contributed by atoms with Crippen LogP contribution in [0.15, 0.2) is 59.6 Å². The molecule has 2 nitrogen and oxygen atoms in total. The fraction of sp³-hybridized carbons (Fsp3) is 0.0952. The molecule has 3 aromatic rings. The lowest BCUT2D eigenvalue weighted by Crippen LogP contribution is -1.97. The zero-order chi connectivity index (χ0) is 19.4. The van der Waals surface area contributed by atoms with Gasteiger partial charge >= 0.3 is 0 Å². The number of nitrogens with zero attached hydrogens (tertiary/aromatic N) is 1. The van der Waals surface area contributed by atoms with Gasteiger partial charge in [-0.3, -0.25) is 4.99 Å². The van der Waals surface area contributed by atoms with E-state index in [1.54, 1.807) is 30.5 Å². The summed E-state index contributed by atoms with van der Waals surface area (Å²) in [4.78, 5) is 4.42. The van der Waals surface area contributed by atoms with E-state index in [9.17, 15) is 0 Å². The van der Waals surface area contributed by atoms with Gasteiger partial charge in [-0.1, -0.05) is 58.5 Å². The summed E-state index contributed by atoms with van der Waals surface area (Å²) in [5, 5.41) is 2.32. The van der Waals surface area contributed by atoms with Crippen LogP contribution in [-0.4, -0.2) is 6.21 Å². The lowest BCUT2D eigenvalue weighted by molar-refractivity contribution is 0.306. The molecule has 3 rings (SSSR count). The maximum Gasteiger partial charge on any atom is 0.138 e. The quantitative estimate of drug-likeness (QED) is 0.370. The first-order valence-corrected chi connectivity index (χ1v) is 9.60. The fourth-order valence-electron chi connectivity index (χ4n) is 2.32. The Balaban J connectivity index is 1.69. The van der Waals surface area contributed by atoms with Gasteiger partial charge in [-0.25, -0.2) is 0 Å². The van der Waals surface area contributed by atoms with Crippen molar-refractivity contribution in [2.75, 3.05) is 0 Å². The second-order valence-electron chi connectivity index (χ2n) is 5.91. The number of halogens is 4. The van der Waals surface area contributed by atoms with Crippen LogP contribution in [0.1, 0.15) is 16.7 Å². The standard InChI is InChI=1S/C21H15Cl4NO/c1-13-2-6-17(10-18(13)23)26-11-14-3-7-21(20(25)8-14)27-12-15-4-5-16(22)9-19(15)24/h2-11H,12H2,1H3. The van der Waals surface area contributed by atoms with Crippen molar-refractivity contribution in [2.24, 2.45) is 4.99 Å². The molecule has 0 spiro atoms. The third-order valence-electron chi connectivity index (χ3n) is 3.87. The fourth-order valence-corrected chi connectivity index (χ4v) is 3.20. The highest BCUT2D eigenvalue weighted by Crippen LogP contribution is 2.28. The van der Waals surface area contributed by atoms with Gasteiger partial charge in [-0.2, -0.15) is 0 Å². The van der Waals surface area contributed by atoms with Crippen LogP contribution in [0.4, 0.5) is 5.69 Å². The van der Waals surface area contributed by atoms with Gasteiger partial charge < -0.3 is 4.74 Å². The lowest BCUT2D eigenvalue weighted by Gasteiger charge is -2.10. The zero-order valence-electron chi connectivity index (χ0n) is 14.3. The summed E-state index contributed by atoms with van der Waals surface area (Å²) in [5.74, 6) is 0.568. The van der Waals surface area contributed by atoms with Gasteiger partial charge in [0.15, 0.2) is 0 Å². The molecule has 0 saturated heterocycles. The Bertz CT molecular complexity index is 1000. The molecule has 0 aromatic heterocycles. The molecule has 0 unspecified atom stereocenters. The highest BCUT2D eigenvalue weighted by molar-refractivity contribution is 6.35. The maximum absolute atomic E-state index is 6.33. The normalized spacial score (nSPS) is 11.1. The Hall–Kier alpha value is -1.71. The first-order chi connectivity index (χ1) is 12.9. The van der Waals surface area contributed by atoms with Gasteiger partial charge in [0, 0.05) is 26.8 Å². The minimum Gasteiger partial charge on any atom is -0.487 e. The Morgan fingerprint density at radius 1 is 0.852 bits per heavy atom. The first-order valence-electron chi connectivity index (χ1n) is 8.09. The number of aliphatic imine (C=N–C) groups is 1. The number of hydrogen-bond donors (Lipinski definition) is 0. The van der Waals surface area contributed by atoms with Crippen LogP contribution in [0.2, 0.25) is 20.1 Å². The molecule has 0 fully saturated rings. The Morgan fingerprint density at radius 3 is 2.37 bits per heavy atom. The molecule has 0 N–H and O–H groups in total. The summed E-state index contributed by atoms with van der Waals surface area (Å²) >= 11 is 24.5. The molecule has 0 radical (unpaired) electrons. The zero-order valence-corrected chi connectivity index (χ0v) is 17.4. The van der Waals surface area contributed by atoms with Gasteiger partial charge in [0.25, 0.3) is 0 Å². The van der Waals surface area contributed by atoms with E-state index in [2.05, 4.69) is 4.99 Å². The van der Waals surface area contributed by atoms with E-state index in [0.29, 0.717) is 32.4 Å². The van der Waals surface area contributed by atoms with E-state index < -0.39 is 0 Å². The number of aryl methyl sites for hydroxylation is 1. The SMILES string of the molecule is Cc1ccc(N=Cc2ccc(OCc3ccc(Cl)cc3Cl)c(Cl)c2)cc1Cl. The predicted octanol–water partition coefficient (Wildman–Crippen LogP) is 7.94. The van der Waals surface area contributed by atoms with Crippen LogP contribution in [0.3, 0.4) is 0 Å². The van der Waals surface area contributed by atoms with Crippen LogP contribution < -0.4 is 4.74 Å². The first kappa shape index (κ1) is 20.0. The summed E-state index contributed by atoms with van der Waals surface area (Å²) in [6.07, 6.45) is 1.73. The van der Waals surface area contributed by atoms with Gasteiger partial charge in [-0.15, -0.1) is 0 Å². The molecule has 0 atom stereocenters. The topological polar surface area (TPSA) is 21.6 Å². The maximum atomic E-state index is 6.33. The molecule has 0 aliphatic rings. The minimum atomic E-state index is 0.297. The molecular formula is C21H15Cl4NO. The van der Waals surface area contributed by atoms with E-state index >= 15 is 0 Å². The van der Waals surface area contributed by atoms with E-state index in [0.717, 1.165) is 22.4 Å². The third-order valence-corrected chi connectivity index (χ3v) is 5.16. The molecule has 0 aliphatic heterocycles. The van der Waals surface area contributed by atoms with Crippen molar-refractivity contribution in [3.8, 4) is 5.75 Å². The van der Waals surface area contributed by atoms with E-state index in [-0.39, 0.29) is 0 Å². The number of benzene rings is 3. The summed E-state index contributed by atoms with van der Waals surface area (Å²) in [6.45, 7) is 2.25. The summed E-state index contributed by atoms with van der Waals surface area (Å²) in [6, 6.07) is 16.4. The summed E-state index contributed by atoms with van der Waals surface area (Å²) in [5.41, 5.74) is 3.48. The largest absolute Gasteiger partial charge is 0.487 e. The molecule has 27 heavy (non-hydrogen) atoms. The van der Waals surface area contributed by atoms with Crippen LogP contribution in [0, 0.1) is 6.92 Å². The van der Waals surface area contributed by atoms with Gasteiger partial charge in [-0.05, 0) is 60.5 Å². The van der Waals surface area contributed by atoms with Crippen molar-refractivity contribution in [3.63, 3.8) is 0 Å². The van der Waals surface area contributed by atoms with Crippen molar-refractivity contribution >= 4 is 58.3 Å². The van der Waals surface area contributed by atoms with Crippen molar-refractivity contribution in [3.05, 3.63) is 91.4 Å². The van der Waals surface area contributed by atoms with Gasteiger partial charge in [0.2, 0.25) is 0 Å². The number of hydrogen-bond acceptors (Lipinski definition) is 2. The van der Waals surface area contributed by atoms with Crippen molar-refractivity contribution < 1.29 is 4.74 Å². The monoisotopic (exact) mass is 437 g/mol. The van der Waals surface area contributed by atoms with Crippen LogP contribution >= 0.6 is 46.4 Å². The van der Waals surface area contributed by atoms with Gasteiger partial charge in [0.05, 0.1) is 10.7 Å². The molecule has 0 bridgehead atoms. The van der Waals surface area contributed by atoms with E-state index in [4.69, 9.17) is 51.1 Å². The summed E-state index contributed by atoms with van der Waals surface area (Å²) < 4.78 is 5.77. The molecule has 0 heterocycles. The molecule has 138 valence electrons. The average Bonchev–Trinajstić information content (AvgIpc) is 2.63. The Labute approximate surface area is 178 Å². The molecule has 6 heteroatoms. The lowest BCUT2D eigenvalue weighted by atomic mass is 10.2. The second-order valence-corrected chi connectivity index (χ2v) is 7.56. The smallest absolute Gasteiger partial charge is 0.138 e. The van der Waals surface area contributed by atoms with Gasteiger partial charge in [0.1, 0.15) is 12.4 Å². The predicted molar refractivity (Wildman–Crippen MR) is 116 cm³/mol. The minimum absolute atomic E-state index is 0.297. The van der Waals surface area contributed by atoms with Crippen molar-refractivity contribution in [1.82, 2.24) is 0 Å². The number of rotatable bonds is 5. The Morgan fingerprint density at radius 2 is 1.67 bits per heavy atom. The second kappa shape index (κ2) is 8.99. The molecule has 3 aromatic carbocycles. The third kappa shape index (κ3) is 5.40. The van der Waals surface area contributed by atoms with Crippen LogP contribution in [-0.2, 0) is 6.61 Å². The molecule has 0 aliphatic carbocycles. The van der Waals surface area contributed by atoms with Crippen LogP contribution in [0.25, 0.3) is 0 Å². The molecular weight excluding hydrogens is 424 g/mol. The van der Waals surface area contributed by atoms with E-state index in [1.807, 2.05) is 37.3 Å². The highest BCUT2D eigenvalue weighted by atomic mass is 35.5. The van der Waals surface area contributed by atoms with E-state index in [1.165, 1.54) is 0 Å². The number of ether oxygens (including phenoxy) is 1. The molecule has 0 amide bonds. The average molecular weight is 439 g/mol.